The van der Waals surface area contributed by atoms with Crippen molar-refractivity contribution in [3.63, 3.8) is 0 Å². The van der Waals surface area contributed by atoms with Crippen molar-refractivity contribution in [3.8, 4) is 0 Å². The number of rotatable bonds is 6. The van der Waals surface area contributed by atoms with Crippen molar-refractivity contribution in [1.82, 2.24) is 0 Å². The van der Waals surface area contributed by atoms with Gasteiger partial charge >= 0.3 is 0 Å². The third-order valence-corrected chi connectivity index (χ3v) is 4.22. The predicted molar refractivity (Wildman–Crippen MR) is 72.6 cm³/mol. The Bertz CT molecular complexity index is 474. The first-order valence-corrected chi connectivity index (χ1v) is 7.76. The summed E-state index contributed by atoms with van der Waals surface area (Å²) in [6.07, 6.45) is 0.950. The molecule has 0 amide bonds. The van der Waals surface area contributed by atoms with Gasteiger partial charge in [-0.15, -0.1) is 0 Å². The average Bonchev–Trinajstić information content (AvgIpc) is 2.22. The van der Waals surface area contributed by atoms with Gasteiger partial charge in [-0.3, -0.25) is 4.72 Å². The first kappa shape index (κ1) is 14.5. The highest BCUT2D eigenvalue weighted by molar-refractivity contribution is 9.10. The molecule has 0 atom stereocenters. The van der Waals surface area contributed by atoms with Gasteiger partial charge < -0.3 is 5.11 Å². The van der Waals surface area contributed by atoms with Crippen LogP contribution in [0.3, 0.4) is 0 Å². The first-order chi connectivity index (χ1) is 7.94. The van der Waals surface area contributed by atoms with E-state index in [-0.39, 0.29) is 12.4 Å². The maximum Gasteiger partial charge on any atom is 0.232 e. The van der Waals surface area contributed by atoms with Gasteiger partial charge in [0.2, 0.25) is 10.0 Å². The lowest BCUT2D eigenvalue weighted by molar-refractivity contribution is 0.287. The Morgan fingerprint density at radius 1 is 1.35 bits per heavy atom. The summed E-state index contributed by atoms with van der Waals surface area (Å²) in [5, 5.41) is 8.60. The predicted octanol–water partition coefficient (Wildman–Crippen LogP) is 2.27. The molecular formula is C11H16BrNO3S. The second-order valence-corrected chi connectivity index (χ2v) is 6.53. The smallest absolute Gasteiger partial charge is 0.232 e. The molecule has 0 aliphatic carbocycles. The monoisotopic (exact) mass is 321 g/mol. The van der Waals surface area contributed by atoms with Crippen molar-refractivity contribution in [1.29, 1.82) is 0 Å². The summed E-state index contributed by atoms with van der Waals surface area (Å²) in [7, 11) is -3.33. The summed E-state index contributed by atoms with van der Waals surface area (Å²) in [5.74, 6) is 0.0217. The molecule has 0 radical (unpaired) electrons. The van der Waals surface area contributed by atoms with Crippen molar-refractivity contribution in [3.05, 3.63) is 28.2 Å². The minimum absolute atomic E-state index is 0.0176. The Kier molecular flexibility index (Phi) is 5.42. The normalized spacial score (nSPS) is 11.5. The molecule has 96 valence electrons. The highest BCUT2D eigenvalue weighted by Gasteiger charge is 2.11. The molecule has 17 heavy (non-hydrogen) atoms. The molecule has 1 rings (SSSR count). The lowest BCUT2D eigenvalue weighted by Gasteiger charge is -2.09. The number of hydrogen-bond donors (Lipinski definition) is 2. The van der Waals surface area contributed by atoms with E-state index in [0.717, 1.165) is 10.0 Å². The quantitative estimate of drug-likeness (QED) is 0.790. The van der Waals surface area contributed by atoms with Gasteiger partial charge in [-0.2, -0.15) is 0 Å². The number of benzene rings is 1. The van der Waals surface area contributed by atoms with Crippen LogP contribution in [-0.2, 0) is 10.0 Å². The molecule has 0 saturated carbocycles. The molecular weight excluding hydrogens is 306 g/mol. The van der Waals surface area contributed by atoms with Crippen LogP contribution in [0.5, 0.6) is 0 Å². The van der Waals surface area contributed by atoms with Crippen molar-refractivity contribution in [2.75, 3.05) is 17.1 Å². The molecule has 0 bridgehead atoms. The van der Waals surface area contributed by atoms with Crippen LogP contribution in [0.4, 0.5) is 5.69 Å². The van der Waals surface area contributed by atoms with Gasteiger partial charge in [0.1, 0.15) is 0 Å². The number of aliphatic hydroxyl groups excluding tert-OH is 1. The van der Waals surface area contributed by atoms with Gasteiger partial charge in [0.05, 0.1) is 11.4 Å². The fourth-order valence-electron chi connectivity index (χ4n) is 1.33. The van der Waals surface area contributed by atoms with E-state index in [0.29, 0.717) is 18.5 Å². The summed E-state index contributed by atoms with van der Waals surface area (Å²) >= 11 is 3.31. The van der Waals surface area contributed by atoms with Crippen LogP contribution in [0.15, 0.2) is 22.7 Å². The molecule has 0 heterocycles. The van der Waals surface area contributed by atoms with E-state index >= 15 is 0 Å². The van der Waals surface area contributed by atoms with E-state index in [9.17, 15) is 8.42 Å². The second-order valence-electron chi connectivity index (χ2n) is 3.83. The van der Waals surface area contributed by atoms with Crippen molar-refractivity contribution in [2.24, 2.45) is 0 Å². The summed E-state index contributed by atoms with van der Waals surface area (Å²) < 4.78 is 26.6. The average molecular weight is 322 g/mol. The van der Waals surface area contributed by atoms with Gasteiger partial charge in [0.25, 0.3) is 0 Å². The Hall–Kier alpha value is -0.590. The van der Waals surface area contributed by atoms with Crippen LogP contribution in [0.25, 0.3) is 0 Å². The lowest BCUT2D eigenvalue weighted by atomic mass is 10.2. The minimum Gasteiger partial charge on any atom is -0.396 e. The number of aliphatic hydroxyl groups is 1. The zero-order valence-electron chi connectivity index (χ0n) is 9.61. The van der Waals surface area contributed by atoms with Crippen LogP contribution in [0.2, 0.25) is 0 Å². The van der Waals surface area contributed by atoms with Gasteiger partial charge in [0, 0.05) is 11.1 Å². The Morgan fingerprint density at radius 2 is 2.06 bits per heavy atom. The van der Waals surface area contributed by atoms with Crippen molar-refractivity contribution >= 4 is 31.6 Å². The van der Waals surface area contributed by atoms with Crippen LogP contribution in [0, 0.1) is 6.92 Å². The standard InChI is InChI=1S/C11H16BrNO3S/c1-9-4-5-11(10(12)8-9)13-17(15,16)7-3-2-6-14/h4-5,8,13-14H,2-3,6-7H2,1H3. The zero-order valence-corrected chi connectivity index (χ0v) is 12.0. The van der Waals surface area contributed by atoms with E-state index in [4.69, 9.17) is 5.11 Å². The van der Waals surface area contributed by atoms with Gasteiger partial charge in [-0.25, -0.2) is 8.42 Å². The summed E-state index contributed by atoms with van der Waals surface area (Å²) in [6.45, 7) is 1.95. The van der Waals surface area contributed by atoms with Crippen molar-refractivity contribution < 1.29 is 13.5 Å². The number of sulfonamides is 1. The second kappa shape index (κ2) is 6.37. The van der Waals surface area contributed by atoms with Gasteiger partial charge in [0.15, 0.2) is 0 Å². The number of hydrogen-bond acceptors (Lipinski definition) is 3. The summed E-state index contributed by atoms with van der Waals surface area (Å²) in [5.41, 5.74) is 1.60. The van der Waals surface area contributed by atoms with Crippen LogP contribution >= 0.6 is 15.9 Å². The molecule has 0 spiro atoms. The largest absolute Gasteiger partial charge is 0.396 e. The molecule has 0 fully saturated rings. The molecule has 0 aliphatic heterocycles. The van der Waals surface area contributed by atoms with Gasteiger partial charge in [-0.1, -0.05) is 6.07 Å². The zero-order chi connectivity index (χ0) is 12.9. The third-order valence-electron chi connectivity index (χ3n) is 2.21. The van der Waals surface area contributed by atoms with Crippen molar-refractivity contribution in [2.45, 2.75) is 19.8 Å². The van der Waals surface area contributed by atoms with Crippen LogP contribution in [-0.4, -0.2) is 25.9 Å². The van der Waals surface area contributed by atoms with E-state index in [2.05, 4.69) is 20.7 Å². The molecule has 0 saturated heterocycles. The highest BCUT2D eigenvalue weighted by atomic mass is 79.9. The molecule has 0 unspecified atom stereocenters. The molecule has 6 heteroatoms. The number of halogens is 1. The number of anilines is 1. The van der Waals surface area contributed by atoms with Crippen LogP contribution < -0.4 is 4.72 Å². The summed E-state index contributed by atoms with van der Waals surface area (Å²) in [6, 6.07) is 5.42. The maximum absolute atomic E-state index is 11.7. The van der Waals surface area contributed by atoms with Crippen LogP contribution in [0.1, 0.15) is 18.4 Å². The summed E-state index contributed by atoms with van der Waals surface area (Å²) in [4.78, 5) is 0. The Morgan fingerprint density at radius 3 is 2.65 bits per heavy atom. The van der Waals surface area contributed by atoms with E-state index in [1.165, 1.54) is 0 Å². The Balaban J connectivity index is 2.69. The molecule has 1 aromatic carbocycles. The Labute approximate surface area is 110 Å². The fraction of sp³-hybridized carbons (Fsp3) is 0.455. The molecule has 0 aromatic heterocycles. The molecule has 1 aromatic rings. The van der Waals surface area contributed by atoms with E-state index in [1.807, 2.05) is 19.1 Å². The highest BCUT2D eigenvalue weighted by Crippen LogP contribution is 2.24. The van der Waals surface area contributed by atoms with E-state index < -0.39 is 10.0 Å². The van der Waals surface area contributed by atoms with Gasteiger partial charge in [-0.05, 0) is 53.4 Å². The maximum atomic E-state index is 11.7. The third kappa shape index (κ3) is 5.06. The topological polar surface area (TPSA) is 66.4 Å². The fourth-order valence-corrected chi connectivity index (χ4v) is 3.25. The SMILES string of the molecule is Cc1ccc(NS(=O)(=O)CCCCO)c(Br)c1. The first-order valence-electron chi connectivity index (χ1n) is 5.32. The molecule has 4 nitrogen and oxygen atoms in total. The molecule has 0 aliphatic rings. The minimum atomic E-state index is -3.33. The lowest BCUT2D eigenvalue weighted by Crippen LogP contribution is -2.17. The number of aryl methyl sites for hydroxylation is 1. The number of nitrogens with one attached hydrogen (secondary N) is 1. The van der Waals surface area contributed by atoms with E-state index in [1.54, 1.807) is 6.07 Å². The number of unbranched alkanes of at least 4 members (excludes halogenated alkanes) is 1. The molecule has 2 N–H and O–H groups in total.